The van der Waals surface area contributed by atoms with Crippen LogP contribution in [0.4, 0.5) is 5.82 Å². The molecule has 29 heavy (non-hydrogen) atoms. The zero-order valence-electron chi connectivity index (χ0n) is 16.0. The Bertz CT molecular complexity index is 1170. The number of aromatic nitrogens is 4. The fourth-order valence-electron chi connectivity index (χ4n) is 3.50. The van der Waals surface area contributed by atoms with Crippen LogP contribution >= 0.6 is 11.6 Å². The second kappa shape index (κ2) is 7.37. The van der Waals surface area contributed by atoms with E-state index in [1.165, 1.54) is 18.4 Å². The number of anilines is 1. The average Bonchev–Trinajstić information content (AvgIpc) is 3.51. The van der Waals surface area contributed by atoms with E-state index in [1.54, 1.807) is 13.3 Å². The minimum absolute atomic E-state index is 0.472. The van der Waals surface area contributed by atoms with Gasteiger partial charge in [-0.1, -0.05) is 35.9 Å². The molecule has 0 amide bonds. The van der Waals surface area contributed by atoms with Gasteiger partial charge < -0.3 is 10.1 Å². The largest absolute Gasteiger partial charge is 0.494 e. The normalized spacial score (nSPS) is 13.6. The number of benzene rings is 1. The van der Waals surface area contributed by atoms with E-state index >= 15 is 0 Å². The van der Waals surface area contributed by atoms with Crippen LogP contribution in [0.25, 0.3) is 16.9 Å². The maximum atomic E-state index is 6.27. The van der Waals surface area contributed by atoms with Crippen LogP contribution in [-0.2, 0) is 6.54 Å². The molecule has 0 unspecified atom stereocenters. The Hall–Kier alpha value is -3.12. The quantitative estimate of drug-likeness (QED) is 0.460. The van der Waals surface area contributed by atoms with E-state index in [9.17, 15) is 0 Å². The number of fused-ring (bicyclic) bond motifs is 1. The van der Waals surface area contributed by atoms with E-state index in [2.05, 4.69) is 44.6 Å². The lowest BCUT2D eigenvalue weighted by Gasteiger charge is -2.11. The van der Waals surface area contributed by atoms with Gasteiger partial charge in [-0.2, -0.15) is 9.61 Å². The van der Waals surface area contributed by atoms with Crippen LogP contribution in [0, 0.1) is 0 Å². The molecular formula is C22H20ClN5O. The van der Waals surface area contributed by atoms with Crippen molar-refractivity contribution in [3.63, 3.8) is 0 Å². The molecule has 1 fully saturated rings. The summed E-state index contributed by atoms with van der Waals surface area (Å²) in [6.07, 6.45) is 6.08. The molecule has 1 N–H and O–H groups in total. The topological polar surface area (TPSA) is 64.3 Å². The van der Waals surface area contributed by atoms with Gasteiger partial charge in [0.2, 0.25) is 0 Å². The summed E-state index contributed by atoms with van der Waals surface area (Å²) in [5.41, 5.74) is 5.02. The summed E-state index contributed by atoms with van der Waals surface area (Å²) < 4.78 is 7.25. The minimum Gasteiger partial charge on any atom is -0.494 e. The summed E-state index contributed by atoms with van der Waals surface area (Å²) in [5, 5.41) is 8.42. The van der Waals surface area contributed by atoms with Crippen molar-refractivity contribution in [3.8, 4) is 17.0 Å². The molecule has 0 atom stereocenters. The zero-order chi connectivity index (χ0) is 19.8. The van der Waals surface area contributed by atoms with E-state index in [4.69, 9.17) is 16.3 Å². The van der Waals surface area contributed by atoms with E-state index in [0.29, 0.717) is 17.6 Å². The Morgan fingerprint density at radius 2 is 2.03 bits per heavy atom. The first-order valence-corrected chi connectivity index (χ1v) is 9.97. The van der Waals surface area contributed by atoms with E-state index < -0.39 is 0 Å². The molecule has 0 saturated heterocycles. The second-order valence-electron chi connectivity index (χ2n) is 7.18. The molecule has 4 aromatic rings. The zero-order valence-corrected chi connectivity index (χ0v) is 16.7. The number of nitrogens with one attached hydrogen (secondary N) is 1. The van der Waals surface area contributed by atoms with Crippen LogP contribution in [0.1, 0.15) is 29.9 Å². The summed E-state index contributed by atoms with van der Waals surface area (Å²) in [6, 6.07) is 13.9. The molecule has 1 aliphatic carbocycles. The number of nitrogens with zero attached hydrogens (tertiary/aromatic N) is 4. The molecule has 7 heteroatoms. The second-order valence-corrected chi connectivity index (χ2v) is 7.57. The molecule has 1 aromatic carbocycles. The third-order valence-electron chi connectivity index (χ3n) is 5.18. The maximum absolute atomic E-state index is 6.27. The van der Waals surface area contributed by atoms with Gasteiger partial charge in [0.25, 0.3) is 0 Å². The Kier molecular flexibility index (Phi) is 4.56. The Balaban J connectivity index is 1.37. The molecule has 0 spiro atoms. The molecule has 3 aromatic heterocycles. The minimum atomic E-state index is 0.472. The van der Waals surface area contributed by atoms with E-state index in [1.807, 2.05) is 28.9 Å². The van der Waals surface area contributed by atoms with Gasteiger partial charge >= 0.3 is 0 Å². The number of hydrogen-bond donors (Lipinski definition) is 1. The Labute approximate surface area is 173 Å². The standard InChI is InChI=1S/C22H20ClN5O/c1-29-18-3-2-10-24-21(18)16-6-4-14(5-7-16)12-25-20-11-19(23)27-22-17(15-8-9-15)13-26-28(20)22/h2-7,10-11,13,15,25H,8-9,12H2,1H3. The van der Waals surface area contributed by atoms with E-state index in [-0.39, 0.29) is 0 Å². The first kappa shape index (κ1) is 17.9. The molecule has 0 bridgehead atoms. The lowest BCUT2D eigenvalue weighted by atomic mass is 10.1. The molecule has 146 valence electrons. The van der Waals surface area contributed by atoms with Gasteiger partial charge in [0.05, 0.1) is 13.3 Å². The van der Waals surface area contributed by atoms with Gasteiger partial charge in [0, 0.05) is 29.9 Å². The number of halogens is 1. The third kappa shape index (κ3) is 3.51. The van der Waals surface area contributed by atoms with Crippen molar-refractivity contribution >= 4 is 23.1 Å². The van der Waals surface area contributed by atoms with Crippen molar-refractivity contribution in [3.05, 3.63) is 71.1 Å². The fourth-order valence-corrected chi connectivity index (χ4v) is 3.69. The van der Waals surface area contributed by atoms with Crippen LogP contribution in [0.5, 0.6) is 5.75 Å². The maximum Gasteiger partial charge on any atom is 0.162 e. The van der Waals surface area contributed by atoms with Crippen LogP contribution < -0.4 is 10.1 Å². The molecule has 3 heterocycles. The smallest absolute Gasteiger partial charge is 0.162 e. The number of rotatable bonds is 6. The van der Waals surface area contributed by atoms with Crippen molar-refractivity contribution < 1.29 is 4.74 Å². The lowest BCUT2D eigenvalue weighted by molar-refractivity contribution is 0.415. The first-order valence-electron chi connectivity index (χ1n) is 9.59. The van der Waals surface area contributed by atoms with Gasteiger partial charge in [-0.3, -0.25) is 4.98 Å². The van der Waals surface area contributed by atoms with Crippen molar-refractivity contribution in [1.82, 2.24) is 19.6 Å². The van der Waals surface area contributed by atoms with Gasteiger partial charge in [-0.05, 0) is 36.5 Å². The lowest BCUT2D eigenvalue weighted by Crippen LogP contribution is -2.06. The molecule has 1 saturated carbocycles. The third-order valence-corrected chi connectivity index (χ3v) is 5.37. The van der Waals surface area contributed by atoms with Crippen LogP contribution in [0.15, 0.2) is 54.9 Å². The predicted octanol–water partition coefficient (Wildman–Crippen LogP) is 4.94. The van der Waals surface area contributed by atoms with Crippen molar-refractivity contribution in [1.29, 1.82) is 0 Å². The van der Waals surface area contributed by atoms with Gasteiger partial charge in [-0.25, -0.2) is 4.98 Å². The highest BCUT2D eigenvalue weighted by Gasteiger charge is 2.28. The Morgan fingerprint density at radius 1 is 1.21 bits per heavy atom. The summed E-state index contributed by atoms with van der Waals surface area (Å²) in [4.78, 5) is 8.92. The Morgan fingerprint density at radius 3 is 2.79 bits per heavy atom. The number of methoxy groups -OCH3 is 1. The molecule has 6 nitrogen and oxygen atoms in total. The van der Waals surface area contributed by atoms with E-state index in [0.717, 1.165) is 34.0 Å². The van der Waals surface area contributed by atoms with Gasteiger partial charge in [-0.15, -0.1) is 0 Å². The first-order chi connectivity index (χ1) is 14.2. The highest BCUT2D eigenvalue weighted by molar-refractivity contribution is 6.29. The highest BCUT2D eigenvalue weighted by atomic mass is 35.5. The summed E-state index contributed by atoms with van der Waals surface area (Å²) in [7, 11) is 1.66. The monoisotopic (exact) mass is 405 g/mol. The summed E-state index contributed by atoms with van der Waals surface area (Å²) in [6.45, 7) is 0.647. The van der Waals surface area contributed by atoms with Crippen LogP contribution in [-0.4, -0.2) is 26.7 Å². The summed E-state index contributed by atoms with van der Waals surface area (Å²) in [5.74, 6) is 2.17. The molecule has 5 rings (SSSR count). The van der Waals surface area contributed by atoms with Crippen molar-refractivity contribution in [2.24, 2.45) is 0 Å². The average molecular weight is 406 g/mol. The van der Waals surface area contributed by atoms with Gasteiger partial charge in [0.1, 0.15) is 22.4 Å². The summed E-state index contributed by atoms with van der Waals surface area (Å²) >= 11 is 6.27. The van der Waals surface area contributed by atoms with Gasteiger partial charge in [0.15, 0.2) is 5.65 Å². The number of hydrogen-bond acceptors (Lipinski definition) is 5. The number of pyridine rings is 1. The molecule has 1 aliphatic rings. The SMILES string of the molecule is COc1cccnc1-c1ccc(CNc2cc(Cl)nc3c(C4CC4)cnn23)cc1. The molecule has 0 radical (unpaired) electrons. The fraction of sp³-hybridized carbons (Fsp3) is 0.227. The van der Waals surface area contributed by atoms with Crippen molar-refractivity contribution in [2.45, 2.75) is 25.3 Å². The molecule has 0 aliphatic heterocycles. The molecular weight excluding hydrogens is 386 g/mol. The van der Waals surface area contributed by atoms with Crippen LogP contribution in [0.2, 0.25) is 5.15 Å². The van der Waals surface area contributed by atoms with Crippen LogP contribution in [0.3, 0.4) is 0 Å². The predicted molar refractivity (Wildman–Crippen MR) is 114 cm³/mol. The highest BCUT2D eigenvalue weighted by Crippen LogP contribution is 2.42. The van der Waals surface area contributed by atoms with Crippen molar-refractivity contribution in [2.75, 3.05) is 12.4 Å². The number of ether oxygens (including phenoxy) is 1.